The van der Waals surface area contributed by atoms with E-state index in [2.05, 4.69) is 27.7 Å². The van der Waals surface area contributed by atoms with Gasteiger partial charge in [-0.2, -0.15) is 0 Å². The Morgan fingerprint density at radius 3 is 2.32 bits per heavy atom. The molecule has 0 aromatic carbocycles. The number of rotatable bonds is 5. The zero-order valence-electron chi connectivity index (χ0n) is 12.6. The quantitative estimate of drug-likeness (QED) is 0.759. The molecule has 0 bridgehead atoms. The molecule has 0 radical (unpaired) electrons. The third-order valence-corrected chi connectivity index (χ3v) is 5.44. The van der Waals surface area contributed by atoms with Crippen LogP contribution in [-0.2, 0) is 16.0 Å². The van der Waals surface area contributed by atoms with Crippen molar-refractivity contribution in [2.45, 2.75) is 47.5 Å². The molecule has 1 aromatic rings. The van der Waals surface area contributed by atoms with Crippen molar-refractivity contribution in [1.29, 1.82) is 0 Å². The molecule has 1 heterocycles. The highest BCUT2D eigenvalue weighted by Crippen LogP contribution is 2.79. The van der Waals surface area contributed by atoms with Crippen molar-refractivity contribution in [2.24, 2.45) is 16.2 Å². The Labute approximate surface area is 115 Å². The van der Waals surface area contributed by atoms with E-state index in [0.29, 0.717) is 13.0 Å². The van der Waals surface area contributed by atoms with E-state index < -0.39 is 5.41 Å². The molecule has 0 saturated heterocycles. The zero-order chi connectivity index (χ0) is 14.3. The summed E-state index contributed by atoms with van der Waals surface area (Å²) in [6.45, 7) is 11.1. The van der Waals surface area contributed by atoms with Gasteiger partial charge in [0.05, 0.1) is 18.3 Å². The lowest BCUT2D eigenvalue weighted by atomic mass is 9.89. The Bertz CT molecular complexity index is 440. The molecule has 3 nitrogen and oxygen atoms in total. The fourth-order valence-electron chi connectivity index (χ4n) is 3.45. The SMILES string of the molecule is CCCOC(=O)C1(Cc2ccco2)C(C)(C)C1(C)C. The van der Waals surface area contributed by atoms with Gasteiger partial charge in [-0.3, -0.25) is 4.79 Å². The highest BCUT2D eigenvalue weighted by molar-refractivity contribution is 5.84. The number of hydrogen-bond donors (Lipinski definition) is 0. The molecule has 1 fully saturated rings. The maximum atomic E-state index is 12.6. The molecule has 19 heavy (non-hydrogen) atoms. The van der Waals surface area contributed by atoms with E-state index in [1.165, 1.54) is 0 Å². The van der Waals surface area contributed by atoms with Crippen LogP contribution >= 0.6 is 0 Å². The lowest BCUT2D eigenvalue weighted by Crippen LogP contribution is -2.28. The summed E-state index contributed by atoms with van der Waals surface area (Å²) in [5.41, 5.74) is -0.651. The predicted molar refractivity (Wildman–Crippen MR) is 73.7 cm³/mol. The Hall–Kier alpha value is -1.25. The summed E-state index contributed by atoms with van der Waals surface area (Å²) in [5.74, 6) is 0.771. The lowest BCUT2D eigenvalue weighted by Gasteiger charge is -2.19. The number of furan rings is 1. The van der Waals surface area contributed by atoms with E-state index in [0.717, 1.165) is 12.2 Å². The largest absolute Gasteiger partial charge is 0.469 e. The second-order valence-electron chi connectivity index (χ2n) is 6.55. The van der Waals surface area contributed by atoms with Crippen molar-refractivity contribution >= 4 is 5.97 Å². The van der Waals surface area contributed by atoms with Gasteiger partial charge in [0.25, 0.3) is 0 Å². The van der Waals surface area contributed by atoms with E-state index >= 15 is 0 Å². The van der Waals surface area contributed by atoms with Crippen LogP contribution in [0, 0.1) is 16.2 Å². The average Bonchev–Trinajstić information content (AvgIpc) is 2.76. The molecule has 0 N–H and O–H groups in total. The first kappa shape index (κ1) is 14.2. The second kappa shape index (κ2) is 4.39. The van der Waals surface area contributed by atoms with E-state index in [-0.39, 0.29) is 16.8 Å². The first-order valence-corrected chi connectivity index (χ1v) is 7.01. The van der Waals surface area contributed by atoms with E-state index in [4.69, 9.17) is 9.15 Å². The van der Waals surface area contributed by atoms with Gasteiger partial charge in [0.2, 0.25) is 0 Å². The Morgan fingerprint density at radius 2 is 1.89 bits per heavy atom. The van der Waals surface area contributed by atoms with Crippen LogP contribution in [0.1, 0.15) is 46.8 Å². The topological polar surface area (TPSA) is 39.4 Å². The van der Waals surface area contributed by atoms with Gasteiger partial charge in [-0.1, -0.05) is 34.6 Å². The monoisotopic (exact) mass is 264 g/mol. The van der Waals surface area contributed by atoms with Gasteiger partial charge in [-0.05, 0) is 29.4 Å². The highest BCUT2D eigenvalue weighted by atomic mass is 16.5. The number of carbonyl (C=O) groups is 1. The lowest BCUT2D eigenvalue weighted by molar-refractivity contribution is -0.153. The molecule has 1 aliphatic carbocycles. The van der Waals surface area contributed by atoms with Crippen LogP contribution in [0.25, 0.3) is 0 Å². The predicted octanol–water partition coefficient (Wildman–Crippen LogP) is 3.83. The van der Waals surface area contributed by atoms with E-state index in [1.54, 1.807) is 6.26 Å². The molecule has 3 heteroatoms. The van der Waals surface area contributed by atoms with E-state index in [1.807, 2.05) is 19.1 Å². The third kappa shape index (κ3) is 1.74. The van der Waals surface area contributed by atoms with E-state index in [9.17, 15) is 4.79 Å². The van der Waals surface area contributed by atoms with Crippen LogP contribution in [0.3, 0.4) is 0 Å². The summed E-state index contributed by atoms with van der Waals surface area (Å²) in [5, 5.41) is 0. The molecule has 1 saturated carbocycles. The normalized spacial score (nSPS) is 21.9. The second-order valence-corrected chi connectivity index (χ2v) is 6.55. The van der Waals surface area contributed by atoms with Crippen LogP contribution in [0.4, 0.5) is 0 Å². The smallest absolute Gasteiger partial charge is 0.313 e. The van der Waals surface area contributed by atoms with Crippen LogP contribution in [0.2, 0.25) is 0 Å². The van der Waals surface area contributed by atoms with Gasteiger partial charge in [0.15, 0.2) is 0 Å². The van der Waals surface area contributed by atoms with Gasteiger partial charge < -0.3 is 9.15 Å². The van der Waals surface area contributed by atoms with Gasteiger partial charge >= 0.3 is 5.97 Å². The fraction of sp³-hybridized carbons (Fsp3) is 0.688. The summed E-state index contributed by atoms with van der Waals surface area (Å²) in [6.07, 6.45) is 3.12. The van der Waals surface area contributed by atoms with Gasteiger partial charge in [0, 0.05) is 6.42 Å². The summed E-state index contributed by atoms with van der Waals surface area (Å²) in [4.78, 5) is 12.6. The van der Waals surface area contributed by atoms with Crippen molar-refractivity contribution in [3.05, 3.63) is 24.2 Å². The Balaban J connectivity index is 2.29. The minimum Gasteiger partial charge on any atom is -0.469 e. The first-order chi connectivity index (χ1) is 8.81. The van der Waals surface area contributed by atoms with Gasteiger partial charge in [-0.25, -0.2) is 0 Å². The van der Waals surface area contributed by atoms with Crippen molar-refractivity contribution < 1.29 is 13.9 Å². The van der Waals surface area contributed by atoms with Crippen LogP contribution in [-0.4, -0.2) is 12.6 Å². The van der Waals surface area contributed by atoms with Crippen molar-refractivity contribution in [2.75, 3.05) is 6.61 Å². The molecule has 0 atom stereocenters. The molecular weight excluding hydrogens is 240 g/mol. The Morgan fingerprint density at radius 1 is 1.26 bits per heavy atom. The summed E-state index contributed by atoms with van der Waals surface area (Å²) < 4.78 is 10.9. The minimum absolute atomic E-state index is 0.0826. The van der Waals surface area contributed by atoms with Crippen molar-refractivity contribution in [3.8, 4) is 0 Å². The molecular formula is C16H24O3. The number of carbonyl (C=O) groups excluding carboxylic acids is 1. The summed E-state index contributed by atoms with van der Waals surface area (Å²) in [6, 6.07) is 3.79. The van der Waals surface area contributed by atoms with Crippen molar-refractivity contribution in [1.82, 2.24) is 0 Å². The highest BCUT2D eigenvalue weighted by Gasteiger charge is 2.81. The van der Waals surface area contributed by atoms with Crippen LogP contribution in [0.15, 0.2) is 22.8 Å². The molecule has 1 aromatic heterocycles. The molecule has 1 aliphatic rings. The number of hydrogen-bond acceptors (Lipinski definition) is 3. The fourth-order valence-corrected chi connectivity index (χ4v) is 3.45. The molecule has 0 aliphatic heterocycles. The molecule has 0 unspecified atom stereocenters. The van der Waals surface area contributed by atoms with Crippen LogP contribution in [0.5, 0.6) is 0 Å². The summed E-state index contributed by atoms with van der Waals surface area (Å²) in [7, 11) is 0. The standard InChI is InChI=1S/C16H24O3/c1-6-9-19-13(17)16(11-12-8-7-10-18-12)14(2,3)15(16,4)5/h7-8,10H,6,9,11H2,1-5H3. The maximum absolute atomic E-state index is 12.6. The zero-order valence-corrected chi connectivity index (χ0v) is 12.6. The molecule has 0 spiro atoms. The van der Waals surface area contributed by atoms with Crippen LogP contribution < -0.4 is 0 Å². The van der Waals surface area contributed by atoms with Gasteiger partial charge in [-0.15, -0.1) is 0 Å². The molecule has 0 amide bonds. The third-order valence-electron chi connectivity index (χ3n) is 5.44. The maximum Gasteiger partial charge on any atom is 0.313 e. The van der Waals surface area contributed by atoms with Gasteiger partial charge in [0.1, 0.15) is 5.76 Å². The first-order valence-electron chi connectivity index (χ1n) is 7.01. The number of ether oxygens (including phenoxy) is 1. The molecule has 2 rings (SSSR count). The number of esters is 1. The molecule has 106 valence electrons. The summed E-state index contributed by atoms with van der Waals surface area (Å²) >= 11 is 0. The minimum atomic E-state index is -0.479. The Kier molecular flexibility index (Phi) is 3.28. The van der Waals surface area contributed by atoms with Crippen molar-refractivity contribution in [3.63, 3.8) is 0 Å². The average molecular weight is 264 g/mol.